The van der Waals surface area contributed by atoms with Gasteiger partial charge in [-0.25, -0.2) is 9.82 Å². The van der Waals surface area contributed by atoms with Crippen molar-refractivity contribution in [3.63, 3.8) is 0 Å². The summed E-state index contributed by atoms with van der Waals surface area (Å²) >= 11 is 6.05. The van der Waals surface area contributed by atoms with Gasteiger partial charge in [0.15, 0.2) is 0 Å². The van der Waals surface area contributed by atoms with Gasteiger partial charge in [-0.15, -0.1) is 0 Å². The van der Waals surface area contributed by atoms with Gasteiger partial charge in [0, 0.05) is 10.4 Å². The van der Waals surface area contributed by atoms with Crippen LogP contribution in [0.3, 0.4) is 0 Å². The van der Waals surface area contributed by atoms with Crippen molar-refractivity contribution in [2.75, 3.05) is 0 Å². The summed E-state index contributed by atoms with van der Waals surface area (Å²) in [6, 6.07) is 17.8. The SMILES string of the molecule is NNC(c1cccc(Cl)c1)c1ccc(F)c2ccccc12. The highest BCUT2D eigenvalue weighted by Gasteiger charge is 2.16. The van der Waals surface area contributed by atoms with E-state index in [2.05, 4.69) is 5.43 Å². The Morgan fingerprint density at radius 1 is 0.952 bits per heavy atom. The van der Waals surface area contributed by atoms with E-state index in [-0.39, 0.29) is 11.9 Å². The fourth-order valence-electron chi connectivity index (χ4n) is 2.59. The number of nitrogens with two attached hydrogens (primary N) is 1. The van der Waals surface area contributed by atoms with E-state index in [4.69, 9.17) is 17.4 Å². The number of nitrogens with one attached hydrogen (secondary N) is 1. The summed E-state index contributed by atoms with van der Waals surface area (Å²) in [5, 5.41) is 2.05. The molecule has 2 nitrogen and oxygen atoms in total. The lowest BCUT2D eigenvalue weighted by atomic mass is 9.94. The number of hydrogen-bond acceptors (Lipinski definition) is 2. The van der Waals surface area contributed by atoms with Gasteiger partial charge in [-0.3, -0.25) is 5.84 Å². The average Bonchev–Trinajstić information content (AvgIpc) is 2.51. The second-order valence-corrected chi connectivity index (χ2v) is 5.27. The van der Waals surface area contributed by atoms with E-state index in [1.54, 1.807) is 18.2 Å². The topological polar surface area (TPSA) is 38.0 Å². The molecule has 0 aliphatic rings. The van der Waals surface area contributed by atoms with Crippen molar-refractivity contribution in [2.24, 2.45) is 5.84 Å². The zero-order valence-corrected chi connectivity index (χ0v) is 11.9. The lowest BCUT2D eigenvalue weighted by Crippen LogP contribution is -2.29. The van der Waals surface area contributed by atoms with Crippen molar-refractivity contribution in [2.45, 2.75) is 6.04 Å². The van der Waals surface area contributed by atoms with Crippen LogP contribution in [0.2, 0.25) is 5.02 Å². The number of hydrogen-bond donors (Lipinski definition) is 2. The Bertz CT molecular complexity index is 789. The van der Waals surface area contributed by atoms with E-state index in [9.17, 15) is 4.39 Å². The number of benzene rings is 3. The number of halogens is 2. The average molecular weight is 301 g/mol. The minimum atomic E-state index is -0.255. The van der Waals surface area contributed by atoms with Gasteiger partial charge in [-0.05, 0) is 34.7 Å². The molecule has 0 aliphatic carbocycles. The molecule has 0 saturated heterocycles. The highest BCUT2D eigenvalue weighted by molar-refractivity contribution is 6.30. The summed E-state index contributed by atoms with van der Waals surface area (Å²) in [7, 11) is 0. The predicted octanol–water partition coefficient (Wildman–Crippen LogP) is 4.19. The van der Waals surface area contributed by atoms with Gasteiger partial charge >= 0.3 is 0 Å². The van der Waals surface area contributed by atoms with Gasteiger partial charge in [0.1, 0.15) is 5.82 Å². The Kier molecular flexibility index (Phi) is 3.88. The summed E-state index contributed by atoms with van der Waals surface area (Å²) in [5.41, 5.74) is 4.64. The standard InChI is InChI=1S/C17H14ClFN2/c18-12-5-3-4-11(10-12)17(21-20)15-8-9-16(19)14-7-2-1-6-13(14)15/h1-10,17,21H,20H2. The highest BCUT2D eigenvalue weighted by atomic mass is 35.5. The molecule has 0 heterocycles. The third kappa shape index (κ3) is 2.63. The van der Waals surface area contributed by atoms with Crippen LogP contribution < -0.4 is 11.3 Å². The van der Waals surface area contributed by atoms with E-state index >= 15 is 0 Å². The van der Waals surface area contributed by atoms with Crippen molar-refractivity contribution in [3.05, 3.63) is 82.6 Å². The normalized spacial score (nSPS) is 12.5. The molecule has 3 N–H and O–H groups in total. The maximum absolute atomic E-state index is 13.9. The van der Waals surface area contributed by atoms with E-state index in [1.807, 2.05) is 36.4 Å². The monoisotopic (exact) mass is 300 g/mol. The summed E-state index contributed by atoms with van der Waals surface area (Å²) < 4.78 is 13.9. The smallest absolute Gasteiger partial charge is 0.131 e. The minimum Gasteiger partial charge on any atom is -0.271 e. The first kappa shape index (κ1) is 14.0. The van der Waals surface area contributed by atoms with Crippen molar-refractivity contribution in [1.29, 1.82) is 0 Å². The third-order valence-corrected chi connectivity index (χ3v) is 3.80. The van der Waals surface area contributed by atoms with E-state index in [0.717, 1.165) is 16.5 Å². The van der Waals surface area contributed by atoms with Crippen molar-refractivity contribution >= 4 is 22.4 Å². The van der Waals surface area contributed by atoms with Crippen LogP contribution in [0, 0.1) is 5.82 Å². The summed E-state index contributed by atoms with van der Waals surface area (Å²) in [4.78, 5) is 0. The van der Waals surface area contributed by atoms with E-state index in [0.29, 0.717) is 10.4 Å². The van der Waals surface area contributed by atoms with Gasteiger partial charge in [0.2, 0.25) is 0 Å². The fraction of sp³-hybridized carbons (Fsp3) is 0.0588. The Hall–Kier alpha value is -1.94. The molecule has 0 spiro atoms. The van der Waals surface area contributed by atoms with Gasteiger partial charge < -0.3 is 0 Å². The molecule has 0 radical (unpaired) electrons. The van der Waals surface area contributed by atoms with Gasteiger partial charge in [-0.1, -0.05) is 54.1 Å². The Labute approximate surface area is 127 Å². The van der Waals surface area contributed by atoms with E-state index in [1.165, 1.54) is 6.07 Å². The van der Waals surface area contributed by atoms with Crippen LogP contribution in [0.1, 0.15) is 17.2 Å². The molecule has 0 aromatic heterocycles. The molecular formula is C17H14ClFN2. The van der Waals surface area contributed by atoms with Crippen LogP contribution in [-0.2, 0) is 0 Å². The molecule has 1 atom stereocenters. The Morgan fingerprint density at radius 2 is 1.71 bits per heavy atom. The molecule has 4 heteroatoms. The van der Waals surface area contributed by atoms with Crippen LogP contribution in [0.4, 0.5) is 4.39 Å². The molecule has 0 amide bonds. The molecule has 1 unspecified atom stereocenters. The molecule has 3 aromatic rings. The van der Waals surface area contributed by atoms with Crippen molar-refractivity contribution in [3.8, 4) is 0 Å². The van der Waals surface area contributed by atoms with Crippen molar-refractivity contribution in [1.82, 2.24) is 5.43 Å². The van der Waals surface area contributed by atoms with Crippen LogP contribution in [0.15, 0.2) is 60.7 Å². The van der Waals surface area contributed by atoms with Crippen LogP contribution in [0.5, 0.6) is 0 Å². The van der Waals surface area contributed by atoms with E-state index < -0.39 is 0 Å². The summed E-state index contributed by atoms with van der Waals surface area (Å²) in [5.74, 6) is 5.49. The number of hydrazine groups is 1. The zero-order chi connectivity index (χ0) is 14.8. The van der Waals surface area contributed by atoms with Crippen LogP contribution in [-0.4, -0.2) is 0 Å². The molecule has 3 rings (SSSR count). The molecule has 0 saturated carbocycles. The van der Waals surface area contributed by atoms with Gasteiger partial charge in [-0.2, -0.15) is 0 Å². The predicted molar refractivity (Wildman–Crippen MR) is 84.5 cm³/mol. The summed E-state index contributed by atoms with van der Waals surface area (Å²) in [6.07, 6.45) is 0. The highest BCUT2D eigenvalue weighted by Crippen LogP contribution is 2.30. The molecule has 0 fully saturated rings. The van der Waals surface area contributed by atoms with Gasteiger partial charge in [0.05, 0.1) is 6.04 Å². The second-order valence-electron chi connectivity index (χ2n) is 4.84. The number of fused-ring (bicyclic) bond motifs is 1. The lowest BCUT2D eigenvalue weighted by Gasteiger charge is -2.19. The molecule has 0 bridgehead atoms. The number of rotatable bonds is 3. The minimum absolute atomic E-state index is 0.240. The fourth-order valence-corrected chi connectivity index (χ4v) is 2.79. The van der Waals surface area contributed by atoms with Crippen LogP contribution in [0.25, 0.3) is 10.8 Å². The molecule has 106 valence electrons. The quantitative estimate of drug-likeness (QED) is 0.562. The first-order chi connectivity index (χ1) is 10.2. The Balaban J connectivity index is 2.20. The maximum atomic E-state index is 13.9. The van der Waals surface area contributed by atoms with Gasteiger partial charge in [0.25, 0.3) is 0 Å². The molecule has 21 heavy (non-hydrogen) atoms. The maximum Gasteiger partial charge on any atom is 0.131 e. The third-order valence-electron chi connectivity index (χ3n) is 3.56. The molecular weight excluding hydrogens is 287 g/mol. The second kappa shape index (κ2) is 5.82. The first-order valence-electron chi connectivity index (χ1n) is 6.59. The zero-order valence-electron chi connectivity index (χ0n) is 11.2. The summed E-state index contributed by atoms with van der Waals surface area (Å²) in [6.45, 7) is 0. The Morgan fingerprint density at radius 3 is 2.43 bits per heavy atom. The molecule has 0 aliphatic heterocycles. The first-order valence-corrected chi connectivity index (χ1v) is 6.97. The molecule has 3 aromatic carbocycles. The lowest BCUT2D eigenvalue weighted by molar-refractivity contribution is 0.628. The van der Waals surface area contributed by atoms with Crippen molar-refractivity contribution < 1.29 is 4.39 Å². The largest absolute Gasteiger partial charge is 0.271 e. The van der Waals surface area contributed by atoms with Crippen LogP contribution >= 0.6 is 11.6 Å².